The normalized spacial score (nSPS) is 14.1. The first-order valence-electron chi connectivity index (χ1n) is 12.6. The fraction of sp³-hybridized carbons (Fsp3) is 0.370. The average Bonchev–Trinajstić information content (AvgIpc) is 3.36. The Morgan fingerprint density at radius 2 is 1.76 bits per heavy atom. The fourth-order valence-electron chi connectivity index (χ4n) is 4.13. The van der Waals surface area contributed by atoms with Crippen LogP contribution in [-0.2, 0) is 11.3 Å². The number of amides is 3. The predicted octanol–water partition coefficient (Wildman–Crippen LogP) is 4.31. The third-order valence-electron chi connectivity index (χ3n) is 6.15. The van der Waals surface area contributed by atoms with Gasteiger partial charge in [0.05, 0.1) is 38.7 Å². The Morgan fingerprint density at radius 1 is 1.05 bits per heavy atom. The zero-order valence-electron chi connectivity index (χ0n) is 22.4. The molecular formula is C27H29F3N4O6S. The van der Waals surface area contributed by atoms with Crippen molar-refractivity contribution in [2.75, 3.05) is 47.1 Å². The standard InChI is InChI=1S/C27H29F3N4O6S/c1-37-20-8-9-21(23(16-20)38-2)24(35)32-26-34(11-3-10-31-25(36)33-12-14-39-15-13-33)22(17-41-26)18-4-6-19(7-5-18)40-27(28,29)30/h4-9,16-17H,3,10-15H2,1-2H3,(H,31,36). The quantitative estimate of drug-likeness (QED) is 0.371. The van der Waals surface area contributed by atoms with Crippen LogP contribution in [-0.4, -0.2) is 74.8 Å². The van der Waals surface area contributed by atoms with Crippen LogP contribution in [0.2, 0.25) is 0 Å². The summed E-state index contributed by atoms with van der Waals surface area (Å²) in [6, 6.07) is 10.0. The molecule has 2 aromatic carbocycles. The van der Waals surface area contributed by atoms with Crippen molar-refractivity contribution in [2.24, 2.45) is 4.99 Å². The van der Waals surface area contributed by atoms with E-state index in [4.69, 9.17) is 14.2 Å². The molecule has 1 saturated heterocycles. The SMILES string of the molecule is COc1ccc(C(=O)N=c2scc(-c3ccc(OC(F)(F)F)cc3)n2CCCNC(=O)N2CCOCC2)c(OC)c1. The van der Waals surface area contributed by atoms with Crippen molar-refractivity contribution in [1.29, 1.82) is 0 Å². The summed E-state index contributed by atoms with van der Waals surface area (Å²) in [6.45, 7) is 2.75. The Labute approximate surface area is 237 Å². The van der Waals surface area contributed by atoms with Crippen LogP contribution < -0.4 is 24.3 Å². The molecule has 0 unspecified atom stereocenters. The topological polar surface area (TPSA) is 104 Å². The highest BCUT2D eigenvalue weighted by molar-refractivity contribution is 7.07. The number of urea groups is 1. The van der Waals surface area contributed by atoms with Crippen molar-refractivity contribution in [3.63, 3.8) is 0 Å². The number of carbonyl (C=O) groups is 2. The van der Waals surface area contributed by atoms with Crippen LogP contribution in [0, 0.1) is 0 Å². The Kier molecular flexibility index (Phi) is 9.89. The third kappa shape index (κ3) is 8.01. The van der Waals surface area contributed by atoms with E-state index in [0.717, 1.165) is 0 Å². The largest absolute Gasteiger partial charge is 0.573 e. The molecule has 10 nitrogen and oxygen atoms in total. The number of ether oxygens (including phenoxy) is 4. The number of thiazole rings is 1. The van der Waals surface area contributed by atoms with Crippen LogP contribution in [0.25, 0.3) is 11.3 Å². The number of rotatable bonds is 9. The summed E-state index contributed by atoms with van der Waals surface area (Å²) in [4.78, 5) is 32.0. The molecule has 1 N–H and O–H groups in total. The highest BCUT2D eigenvalue weighted by atomic mass is 32.1. The molecule has 1 fully saturated rings. The van der Waals surface area contributed by atoms with Crippen molar-refractivity contribution in [3.05, 3.63) is 58.2 Å². The lowest BCUT2D eigenvalue weighted by Gasteiger charge is -2.26. The molecule has 3 amide bonds. The summed E-state index contributed by atoms with van der Waals surface area (Å²) in [5, 5.41) is 4.65. The maximum absolute atomic E-state index is 13.2. The number of benzene rings is 2. The number of morpholine rings is 1. The fourth-order valence-corrected chi connectivity index (χ4v) is 5.06. The number of aromatic nitrogens is 1. The van der Waals surface area contributed by atoms with E-state index in [9.17, 15) is 22.8 Å². The molecule has 14 heteroatoms. The molecule has 1 aliphatic rings. The molecule has 1 aliphatic heterocycles. The van der Waals surface area contributed by atoms with E-state index in [2.05, 4.69) is 15.0 Å². The van der Waals surface area contributed by atoms with E-state index in [1.54, 1.807) is 33.0 Å². The zero-order valence-corrected chi connectivity index (χ0v) is 23.2. The molecule has 2 heterocycles. The van der Waals surface area contributed by atoms with E-state index in [-0.39, 0.29) is 17.3 Å². The smallest absolute Gasteiger partial charge is 0.497 e. The maximum atomic E-state index is 13.2. The average molecular weight is 595 g/mol. The number of carbonyl (C=O) groups excluding carboxylic acids is 2. The van der Waals surface area contributed by atoms with Crippen molar-refractivity contribution >= 4 is 23.3 Å². The molecule has 3 aromatic rings. The van der Waals surface area contributed by atoms with Gasteiger partial charge < -0.3 is 33.7 Å². The van der Waals surface area contributed by atoms with Gasteiger partial charge in [-0.3, -0.25) is 4.79 Å². The minimum absolute atomic E-state index is 0.184. The number of hydrogen-bond donors (Lipinski definition) is 1. The van der Waals surface area contributed by atoms with Crippen LogP contribution in [0.5, 0.6) is 17.2 Å². The molecule has 0 atom stereocenters. The van der Waals surface area contributed by atoms with Crippen LogP contribution >= 0.6 is 11.3 Å². The van der Waals surface area contributed by atoms with Crippen molar-refractivity contribution in [3.8, 4) is 28.5 Å². The lowest BCUT2D eigenvalue weighted by atomic mass is 10.1. The van der Waals surface area contributed by atoms with Crippen molar-refractivity contribution in [2.45, 2.75) is 19.3 Å². The van der Waals surface area contributed by atoms with Gasteiger partial charge in [0, 0.05) is 37.6 Å². The maximum Gasteiger partial charge on any atom is 0.573 e. The number of nitrogens with one attached hydrogen (secondary N) is 1. The van der Waals surface area contributed by atoms with Gasteiger partial charge in [-0.25, -0.2) is 4.79 Å². The number of alkyl halides is 3. The van der Waals surface area contributed by atoms with Gasteiger partial charge in [0.2, 0.25) is 0 Å². The Balaban J connectivity index is 1.59. The first kappa shape index (κ1) is 29.9. The molecule has 0 spiro atoms. The van der Waals surface area contributed by atoms with Gasteiger partial charge in [0.1, 0.15) is 17.2 Å². The van der Waals surface area contributed by atoms with E-state index in [1.807, 2.05) is 0 Å². The van der Waals surface area contributed by atoms with Crippen LogP contribution in [0.1, 0.15) is 16.8 Å². The Hall–Kier alpha value is -4.04. The second-order valence-electron chi connectivity index (χ2n) is 8.80. The summed E-state index contributed by atoms with van der Waals surface area (Å²) in [5.74, 6) is -0.0711. The summed E-state index contributed by atoms with van der Waals surface area (Å²) in [5.41, 5.74) is 1.48. The Morgan fingerprint density at radius 3 is 2.41 bits per heavy atom. The molecule has 0 aliphatic carbocycles. The summed E-state index contributed by atoms with van der Waals surface area (Å²) in [7, 11) is 2.94. The molecule has 0 radical (unpaired) electrons. The van der Waals surface area contributed by atoms with Crippen LogP contribution in [0.4, 0.5) is 18.0 Å². The molecule has 0 bridgehead atoms. The number of halogens is 3. The number of methoxy groups -OCH3 is 2. The second kappa shape index (κ2) is 13.5. The summed E-state index contributed by atoms with van der Waals surface area (Å²) >= 11 is 1.21. The monoisotopic (exact) mass is 594 g/mol. The van der Waals surface area contributed by atoms with Crippen molar-refractivity contribution in [1.82, 2.24) is 14.8 Å². The number of nitrogens with zero attached hydrogens (tertiary/aromatic N) is 3. The second-order valence-corrected chi connectivity index (χ2v) is 9.63. The molecule has 220 valence electrons. The Bertz CT molecular complexity index is 1420. The first-order chi connectivity index (χ1) is 19.7. The highest BCUT2D eigenvalue weighted by Gasteiger charge is 2.31. The van der Waals surface area contributed by atoms with E-state index in [0.29, 0.717) is 73.4 Å². The van der Waals surface area contributed by atoms with E-state index < -0.39 is 12.3 Å². The van der Waals surface area contributed by atoms with E-state index in [1.165, 1.54) is 49.8 Å². The predicted molar refractivity (Wildman–Crippen MR) is 144 cm³/mol. The summed E-state index contributed by atoms with van der Waals surface area (Å²) < 4.78 is 59.4. The minimum Gasteiger partial charge on any atom is -0.497 e. The lowest BCUT2D eigenvalue weighted by Crippen LogP contribution is -2.46. The van der Waals surface area contributed by atoms with Gasteiger partial charge in [0.15, 0.2) is 4.80 Å². The minimum atomic E-state index is -4.80. The molecule has 4 rings (SSSR count). The summed E-state index contributed by atoms with van der Waals surface area (Å²) in [6.07, 6.45) is -4.30. The van der Waals surface area contributed by atoms with Crippen LogP contribution in [0.15, 0.2) is 52.8 Å². The highest BCUT2D eigenvalue weighted by Crippen LogP contribution is 2.28. The van der Waals surface area contributed by atoms with Crippen LogP contribution in [0.3, 0.4) is 0 Å². The lowest BCUT2D eigenvalue weighted by molar-refractivity contribution is -0.274. The first-order valence-corrected chi connectivity index (χ1v) is 13.5. The molecular weight excluding hydrogens is 565 g/mol. The molecule has 0 saturated carbocycles. The van der Waals surface area contributed by atoms with Gasteiger partial charge >= 0.3 is 12.4 Å². The van der Waals surface area contributed by atoms with Gasteiger partial charge in [-0.1, -0.05) is 0 Å². The molecule has 1 aromatic heterocycles. The molecule has 41 heavy (non-hydrogen) atoms. The van der Waals surface area contributed by atoms with Gasteiger partial charge in [-0.2, -0.15) is 4.99 Å². The van der Waals surface area contributed by atoms with Gasteiger partial charge in [-0.05, 0) is 48.4 Å². The zero-order chi connectivity index (χ0) is 29.4. The van der Waals surface area contributed by atoms with E-state index >= 15 is 0 Å². The number of hydrogen-bond acceptors (Lipinski definition) is 7. The van der Waals surface area contributed by atoms with Crippen molar-refractivity contribution < 1.29 is 41.7 Å². The van der Waals surface area contributed by atoms with Gasteiger partial charge in [-0.15, -0.1) is 24.5 Å². The van der Waals surface area contributed by atoms with Gasteiger partial charge in [0.25, 0.3) is 5.91 Å². The third-order valence-corrected chi connectivity index (χ3v) is 7.01.